The standard InChI is InChI=1S/C30H27N3O2S/c1-4-21-7-5-6-8-27(21)32-29(34)19-36-30-26(18-31)25(22-13-15-24(35-3)16-14-22)17-28(33-30)23-11-9-20(2)10-12-23/h5-17H,4,19H2,1-3H3,(H,32,34). The minimum absolute atomic E-state index is 0.138. The summed E-state index contributed by atoms with van der Waals surface area (Å²) in [7, 11) is 1.62. The Morgan fingerprint density at radius 1 is 1.03 bits per heavy atom. The third-order valence-electron chi connectivity index (χ3n) is 5.86. The summed E-state index contributed by atoms with van der Waals surface area (Å²) >= 11 is 1.27. The predicted octanol–water partition coefficient (Wildman–Crippen LogP) is 6.90. The van der Waals surface area contributed by atoms with Gasteiger partial charge in [-0.1, -0.05) is 78.8 Å². The summed E-state index contributed by atoms with van der Waals surface area (Å²) in [5, 5.41) is 13.6. The lowest BCUT2D eigenvalue weighted by Crippen LogP contribution is -2.15. The SMILES string of the molecule is CCc1ccccc1NC(=O)CSc1nc(-c2ccc(C)cc2)cc(-c2ccc(OC)cc2)c1C#N. The number of aryl methyl sites for hydroxylation is 2. The smallest absolute Gasteiger partial charge is 0.234 e. The van der Waals surface area contributed by atoms with Crippen LogP contribution in [0.2, 0.25) is 0 Å². The number of nitrogens with one attached hydrogen (secondary N) is 1. The number of benzene rings is 3. The van der Waals surface area contributed by atoms with Crippen molar-refractivity contribution in [3.63, 3.8) is 0 Å². The summed E-state index contributed by atoms with van der Waals surface area (Å²) in [6.07, 6.45) is 0.827. The molecule has 0 bridgehead atoms. The second kappa shape index (κ2) is 11.6. The molecule has 4 aromatic rings. The minimum Gasteiger partial charge on any atom is -0.497 e. The van der Waals surface area contributed by atoms with Gasteiger partial charge in [0, 0.05) is 16.8 Å². The van der Waals surface area contributed by atoms with E-state index in [2.05, 4.69) is 18.3 Å². The highest BCUT2D eigenvalue weighted by molar-refractivity contribution is 8.00. The fourth-order valence-corrected chi connectivity index (χ4v) is 4.68. The maximum absolute atomic E-state index is 12.8. The van der Waals surface area contributed by atoms with Gasteiger partial charge in [0.05, 0.1) is 24.1 Å². The lowest BCUT2D eigenvalue weighted by Gasteiger charge is -2.14. The van der Waals surface area contributed by atoms with Crippen LogP contribution in [-0.4, -0.2) is 23.8 Å². The van der Waals surface area contributed by atoms with Crippen LogP contribution in [0.15, 0.2) is 83.9 Å². The summed E-state index contributed by atoms with van der Waals surface area (Å²) in [5.41, 5.74) is 6.84. The lowest BCUT2D eigenvalue weighted by atomic mass is 9.99. The van der Waals surface area contributed by atoms with E-state index in [0.29, 0.717) is 10.6 Å². The molecule has 0 radical (unpaired) electrons. The van der Waals surface area contributed by atoms with Crippen LogP contribution in [0.4, 0.5) is 5.69 Å². The number of para-hydroxylation sites is 1. The molecule has 1 heterocycles. The number of rotatable bonds is 8. The van der Waals surface area contributed by atoms with Crippen molar-refractivity contribution in [2.24, 2.45) is 0 Å². The summed E-state index contributed by atoms with van der Waals surface area (Å²) in [5.74, 6) is 0.737. The van der Waals surface area contributed by atoms with Crippen LogP contribution in [0.25, 0.3) is 22.4 Å². The molecule has 0 unspecified atom stereocenters. The van der Waals surface area contributed by atoms with Gasteiger partial charge < -0.3 is 10.1 Å². The number of methoxy groups -OCH3 is 1. The molecule has 0 fully saturated rings. The number of ether oxygens (including phenoxy) is 1. The number of pyridine rings is 1. The second-order valence-electron chi connectivity index (χ2n) is 8.29. The number of anilines is 1. The molecule has 36 heavy (non-hydrogen) atoms. The molecule has 5 nitrogen and oxygen atoms in total. The van der Waals surface area contributed by atoms with E-state index in [1.54, 1.807) is 7.11 Å². The molecule has 6 heteroatoms. The van der Waals surface area contributed by atoms with Gasteiger partial charge in [-0.05, 0) is 48.7 Å². The molecule has 0 spiro atoms. The highest BCUT2D eigenvalue weighted by Gasteiger charge is 2.17. The number of aromatic nitrogens is 1. The van der Waals surface area contributed by atoms with Gasteiger partial charge in [0.2, 0.25) is 5.91 Å². The van der Waals surface area contributed by atoms with Crippen LogP contribution in [0.5, 0.6) is 5.75 Å². The van der Waals surface area contributed by atoms with Gasteiger partial charge in [-0.25, -0.2) is 4.98 Å². The predicted molar refractivity (Wildman–Crippen MR) is 146 cm³/mol. The largest absolute Gasteiger partial charge is 0.497 e. The van der Waals surface area contributed by atoms with Gasteiger partial charge in [-0.3, -0.25) is 4.79 Å². The third-order valence-corrected chi connectivity index (χ3v) is 6.83. The molecular weight excluding hydrogens is 466 g/mol. The van der Waals surface area contributed by atoms with E-state index in [4.69, 9.17) is 9.72 Å². The zero-order valence-electron chi connectivity index (χ0n) is 20.5. The number of carbonyl (C=O) groups excluding carboxylic acids is 1. The van der Waals surface area contributed by atoms with Crippen molar-refractivity contribution in [2.75, 3.05) is 18.2 Å². The molecule has 0 aliphatic carbocycles. The second-order valence-corrected chi connectivity index (χ2v) is 9.25. The first-order valence-electron chi connectivity index (χ1n) is 11.7. The van der Waals surface area contributed by atoms with Crippen molar-refractivity contribution in [1.82, 2.24) is 4.98 Å². The fourth-order valence-electron chi connectivity index (χ4n) is 3.88. The van der Waals surface area contributed by atoms with E-state index in [1.165, 1.54) is 11.8 Å². The van der Waals surface area contributed by atoms with E-state index >= 15 is 0 Å². The van der Waals surface area contributed by atoms with Gasteiger partial charge in [0.15, 0.2) is 0 Å². The number of carbonyl (C=O) groups is 1. The summed E-state index contributed by atoms with van der Waals surface area (Å²) < 4.78 is 5.29. The molecule has 0 aliphatic heterocycles. The number of nitrogens with zero attached hydrogens (tertiary/aromatic N) is 2. The molecule has 3 aromatic carbocycles. The van der Waals surface area contributed by atoms with Gasteiger partial charge in [0.1, 0.15) is 16.8 Å². The Kier molecular flexibility index (Phi) is 8.04. The van der Waals surface area contributed by atoms with Crippen LogP contribution in [-0.2, 0) is 11.2 Å². The quantitative estimate of drug-likeness (QED) is 0.270. The van der Waals surface area contributed by atoms with Gasteiger partial charge in [-0.2, -0.15) is 5.26 Å². The van der Waals surface area contributed by atoms with Crippen molar-refractivity contribution < 1.29 is 9.53 Å². The number of thioether (sulfide) groups is 1. The highest BCUT2D eigenvalue weighted by atomic mass is 32.2. The molecule has 1 aromatic heterocycles. The fraction of sp³-hybridized carbons (Fsp3) is 0.167. The van der Waals surface area contributed by atoms with Crippen molar-refractivity contribution in [1.29, 1.82) is 5.26 Å². The Morgan fingerprint density at radius 3 is 2.39 bits per heavy atom. The zero-order chi connectivity index (χ0) is 25.5. The van der Waals surface area contributed by atoms with E-state index in [9.17, 15) is 10.1 Å². The number of nitriles is 1. The first kappa shape index (κ1) is 25.0. The molecule has 0 atom stereocenters. The molecule has 1 N–H and O–H groups in total. The number of hydrogen-bond acceptors (Lipinski definition) is 5. The summed E-state index contributed by atoms with van der Waals surface area (Å²) in [6, 6.07) is 27.7. The van der Waals surface area contributed by atoms with Gasteiger partial charge in [0.25, 0.3) is 0 Å². The van der Waals surface area contributed by atoms with E-state index < -0.39 is 0 Å². The Hall–Kier alpha value is -4.08. The molecule has 0 aliphatic rings. The molecule has 4 rings (SSSR count). The van der Waals surface area contributed by atoms with E-state index in [0.717, 1.165) is 51.4 Å². The maximum Gasteiger partial charge on any atom is 0.234 e. The Labute approximate surface area is 216 Å². The highest BCUT2D eigenvalue weighted by Crippen LogP contribution is 2.35. The Morgan fingerprint density at radius 2 is 1.72 bits per heavy atom. The Balaban J connectivity index is 1.69. The zero-order valence-corrected chi connectivity index (χ0v) is 21.4. The van der Waals surface area contributed by atoms with E-state index in [-0.39, 0.29) is 11.7 Å². The minimum atomic E-state index is -0.140. The Bertz CT molecular complexity index is 1410. The average Bonchev–Trinajstić information content (AvgIpc) is 2.92. The molecule has 0 saturated heterocycles. The van der Waals surface area contributed by atoms with Gasteiger partial charge >= 0.3 is 0 Å². The number of amides is 1. The summed E-state index contributed by atoms with van der Waals surface area (Å²) in [6.45, 7) is 4.09. The molecule has 180 valence electrons. The van der Waals surface area contributed by atoms with Crippen molar-refractivity contribution in [3.8, 4) is 34.2 Å². The first-order chi connectivity index (χ1) is 17.5. The van der Waals surface area contributed by atoms with Crippen LogP contribution in [0, 0.1) is 18.3 Å². The topological polar surface area (TPSA) is 75.0 Å². The van der Waals surface area contributed by atoms with Crippen molar-refractivity contribution in [3.05, 3.63) is 95.6 Å². The van der Waals surface area contributed by atoms with E-state index in [1.807, 2.05) is 85.8 Å². The maximum atomic E-state index is 12.8. The summed E-state index contributed by atoms with van der Waals surface area (Å²) in [4.78, 5) is 17.6. The molecular formula is C30H27N3O2S. The average molecular weight is 494 g/mol. The lowest BCUT2D eigenvalue weighted by molar-refractivity contribution is -0.113. The monoisotopic (exact) mass is 493 g/mol. The molecule has 1 amide bonds. The van der Waals surface area contributed by atoms with Crippen LogP contribution in [0.1, 0.15) is 23.6 Å². The van der Waals surface area contributed by atoms with Crippen molar-refractivity contribution in [2.45, 2.75) is 25.3 Å². The van der Waals surface area contributed by atoms with Gasteiger partial charge in [-0.15, -0.1) is 0 Å². The molecule has 0 saturated carbocycles. The first-order valence-corrected chi connectivity index (χ1v) is 12.7. The van der Waals surface area contributed by atoms with Crippen molar-refractivity contribution >= 4 is 23.4 Å². The third kappa shape index (κ3) is 5.76. The van der Waals surface area contributed by atoms with Crippen LogP contribution in [0.3, 0.4) is 0 Å². The normalized spacial score (nSPS) is 10.5. The number of hydrogen-bond donors (Lipinski definition) is 1. The van der Waals surface area contributed by atoms with Crippen LogP contribution < -0.4 is 10.1 Å². The van der Waals surface area contributed by atoms with Crippen LogP contribution >= 0.6 is 11.8 Å².